The minimum Gasteiger partial charge on any atom is -0.315 e. The van der Waals surface area contributed by atoms with Gasteiger partial charge >= 0.3 is 0 Å². The van der Waals surface area contributed by atoms with Crippen LogP contribution in [0.5, 0.6) is 0 Å². The molecule has 1 amide bonds. The molecule has 104 valence electrons. The normalized spacial score (nSPS) is 18.2. The van der Waals surface area contributed by atoms with E-state index in [1.807, 2.05) is 25.2 Å². The molecule has 0 fully saturated rings. The van der Waals surface area contributed by atoms with Crippen LogP contribution < -0.4 is 10.2 Å². The predicted molar refractivity (Wildman–Crippen MR) is 86.1 cm³/mol. The minimum atomic E-state index is 0.0869. The van der Waals surface area contributed by atoms with Gasteiger partial charge in [-0.15, -0.1) is 11.3 Å². The lowest BCUT2D eigenvalue weighted by molar-refractivity contribution is -0.119. The van der Waals surface area contributed by atoms with E-state index in [-0.39, 0.29) is 11.9 Å². The van der Waals surface area contributed by atoms with Crippen LogP contribution in [0.3, 0.4) is 0 Å². The number of halogens is 1. The molecule has 3 rings (SSSR count). The molecule has 1 N–H and O–H groups in total. The number of rotatable bonds is 3. The molecule has 0 saturated heterocycles. The van der Waals surface area contributed by atoms with Crippen LogP contribution in [0.15, 0.2) is 40.2 Å². The topological polar surface area (TPSA) is 32.3 Å². The summed E-state index contributed by atoms with van der Waals surface area (Å²) in [6.07, 6.45) is 0.510. The van der Waals surface area contributed by atoms with E-state index in [1.165, 1.54) is 10.4 Å². The second-order valence-corrected chi connectivity index (χ2v) is 6.70. The number of amides is 1. The van der Waals surface area contributed by atoms with Crippen molar-refractivity contribution >= 4 is 38.9 Å². The zero-order chi connectivity index (χ0) is 14.1. The molecular formula is C15H15BrN2OS. The Morgan fingerprint density at radius 3 is 2.95 bits per heavy atom. The van der Waals surface area contributed by atoms with Gasteiger partial charge < -0.3 is 10.2 Å². The molecule has 5 heteroatoms. The van der Waals surface area contributed by atoms with Gasteiger partial charge in [0.2, 0.25) is 5.91 Å². The Balaban J connectivity index is 1.82. The summed E-state index contributed by atoms with van der Waals surface area (Å²) in [6, 6.07) is 10.2. The van der Waals surface area contributed by atoms with Crippen molar-refractivity contribution in [1.29, 1.82) is 0 Å². The minimum absolute atomic E-state index is 0.0869. The van der Waals surface area contributed by atoms with Crippen molar-refractivity contribution in [2.75, 3.05) is 11.9 Å². The van der Waals surface area contributed by atoms with Crippen LogP contribution in [0.4, 0.5) is 5.69 Å². The molecule has 0 spiro atoms. The summed E-state index contributed by atoms with van der Waals surface area (Å²) in [5.41, 5.74) is 2.20. The van der Waals surface area contributed by atoms with Crippen molar-refractivity contribution in [1.82, 2.24) is 5.32 Å². The number of hydrogen-bond acceptors (Lipinski definition) is 3. The molecule has 1 aromatic heterocycles. The summed E-state index contributed by atoms with van der Waals surface area (Å²) in [7, 11) is 1.84. The summed E-state index contributed by atoms with van der Waals surface area (Å²) >= 11 is 5.26. The molecule has 1 atom stereocenters. The molecule has 2 aromatic rings. The number of para-hydroxylation sites is 1. The maximum absolute atomic E-state index is 12.1. The van der Waals surface area contributed by atoms with E-state index in [0.29, 0.717) is 6.42 Å². The third-order valence-corrected chi connectivity index (χ3v) is 5.55. The van der Waals surface area contributed by atoms with Crippen LogP contribution in [-0.2, 0) is 11.3 Å². The van der Waals surface area contributed by atoms with Crippen molar-refractivity contribution in [2.24, 2.45) is 0 Å². The lowest BCUT2D eigenvalue weighted by Gasteiger charge is -2.32. The third-order valence-electron chi connectivity index (χ3n) is 3.63. The highest BCUT2D eigenvalue weighted by atomic mass is 79.9. The largest absolute Gasteiger partial charge is 0.315 e. The smallest absolute Gasteiger partial charge is 0.228 e. The Hall–Kier alpha value is -1.17. The van der Waals surface area contributed by atoms with Gasteiger partial charge in [-0.3, -0.25) is 4.79 Å². The highest BCUT2D eigenvalue weighted by Gasteiger charge is 2.28. The Kier molecular flexibility index (Phi) is 3.92. The molecule has 3 nitrogen and oxygen atoms in total. The van der Waals surface area contributed by atoms with Gasteiger partial charge in [-0.2, -0.15) is 0 Å². The standard InChI is InChI=1S/C15H15BrN2OS/c1-18-13-5-3-2-4-10(13)12(8-15(18)19)17-9-14-11(16)6-7-20-14/h2-7,12,17H,8-9H2,1H3. The number of benzene rings is 1. The summed E-state index contributed by atoms with van der Waals surface area (Å²) in [5.74, 6) is 0.159. The number of carbonyl (C=O) groups excluding carboxylic acids is 1. The number of nitrogens with zero attached hydrogens (tertiary/aromatic N) is 1. The fourth-order valence-electron chi connectivity index (χ4n) is 2.49. The molecule has 0 radical (unpaired) electrons. The molecule has 20 heavy (non-hydrogen) atoms. The van der Waals surface area contributed by atoms with Gasteiger partial charge in [0.25, 0.3) is 0 Å². The van der Waals surface area contributed by atoms with Gasteiger partial charge in [-0.1, -0.05) is 18.2 Å². The molecule has 1 unspecified atom stereocenters. The van der Waals surface area contributed by atoms with Crippen LogP contribution in [-0.4, -0.2) is 13.0 Å². The van der Waals surface area contributed by atoms with E-state index in [1.54, 1.807) is 16.2 Å². The molecular weight excluding hydrogens is 336 g/mol. The van der Waals surface area contributed by atoms with E-state index in [4.69, 9.17) is 0 Å². The first-order chi connectivity index (χ1) is 9.66. The predicted octanol–water partition coefficient (Wildman–Crippen LogP) is 3.71. The van der Waals surface area contributed by atoms with Crippen molar-refractivity contribution < 1.29 is 4.79 Å². The summed E-state index contributed by atoms with van der Waals surface area (Å²) in [6.45, 7) is 0.772. The Morgan fingerprint density at radius 2 is 2.20 bits per heavy atom. The van der Waals surface area contributed by atoms with Crippen molar-refractivity contribution in [3.63, 3.8) is 0 Å². The first-order valence-electron chi connectivity index (χ1n) is 6.47. The lowest BCUT2D eigenvalue weighted by atomic mass is 9.96. The highest BCUT2D eigenvalue weighted by Crippen LogP contribution is 2.34. The third kappa shape index (κ3) is 2.53. The van der Waals surface area contributed by atoms with Crippen LogP contribution in [0, 0.1) is 0 Å². The second kappa shape index (κ2) is 5.68. The monoisotopic (exact) mass is 350 g/mol. The molecule has 0 saturated carbocycles. The fourth-order valence-corrected chi connectivity index (χ4v) is 3.94. The summed E-state index contributed by atoms with van der Waals surface area (Å²) < 4.78 is 1.13. The van der Waals surface area contributed by atoms with E-state index >= 15 is 0 Å². The van der Waals surface area contributed by atoms with Crippen LogP contribution in [0.2, 0.25) is 0 Å². The zero-order valence-corrected chi connectivity index (χ0v) is 13.5. The number of hydrogen-bond donors (Lipinski definition) is 1. The van der Waals surface area contributed by atoms with Gasteiger partial charge in [0.15, 0.2) is 0 Å². The molecule has 0 aliphatic carbocycles. The fraction of sp³-hybridized carbons (Fsp3) is 0.267. The Labute approximate surface area is 130 Å². The maximum Gasteiger partial charge on any atom is 0.228 e. The molecule has 1 aliphatic rings. The average Bonchev–Trinajstić information content (AvgIpc) is 2.87. The first kappa shape index (κ1) is 13.8. The number of carbonyl (C=O) groups is 1. The van der Waals surface area contributed by atoms with Crippen LogP contribution in [0.1, 0.15) is 22.9 Å². The summed E-state index contributed by atoms with van der Waals surface area (Å²) in [5, 5.41) is 5.57. The number of thiophene rings is 1. The number of nitrogens with one attached hydrogen (secondary N) is 1. The van der Waals surface area contributed by atoms with E-state index in [9.17, 15) is 4.79 Å². The van der Waals surface area contributed by atoms with Crippen molar-refractivity contribution in [2.45, 2.75) is 19.0 Å². The van der Waals surface area contributed by atoms with Gasteiger partial charge in [-0.25, -0.2) is 0 Å². The van der Waals surface area contributed by atoms with Gasteiger partial charge in [0.05, 0.1) is 0 Å². The number of anilines is 1. The SMILES string of the molecule is CN1C(=O)CC(NCc2sccc2Br)c2ccccc21. The Morgan fingerprint density at radius 1 is 1.40 bits per heavy atom. The van der Waals surface area contributed by atoms with E-state index in [0.717, 1.165) is 16.7 Å². The van der Waals surface area contributed by atoms with E-state index in [2.05, 4.69) is 38.8 Å². The molecule has 1 aromatic carbocycles. The lowest BCUT2D eigenvalue weighted by Crippen LogP contribution is -2.37. The maximum atomic E-state index is 12.1. The van der Waals surface area contributed by atoms with Crippen molar-refractivity contribution in [3.8, 4) is 0 Å². The second-order valence-electron chi connectivity index (χ2n) is 4.84. The summed E-state index contributed by atoms with van der Waals surface area (Å²) in [4.78, 5) is 15.1. The highest BCUT2D eigenvalue weighted by molar-refractivity contribution is 9.10. The quantitative estimate of drug-likeness (QED) is 0.914. The molecule has 0 bridgehead atoms. The first-order valence-corrected chi connectivity index (χ1v) is 8.15. The molecule has 1 aliphatic heterocycles. The van der Waals surface area contributed by atoms with E-state index < -0.39 is 0 Å². The zero-order valence-electron chi connectivity index (χ0n) is 11.1. The van der Waals surface area contributed by atoms with Gasteiger partial charge in [-0.05, 0) is 39.0 Å². The van der Waals surface area contributed by atoms with Crippen molar-refractivity contribution in [3.05, 3.63) is 50.6 Å². The van der Waals surface area contributed by atoms with Crippen LogP contribution in [0.25, 0.3) is 0 Å². The molecule has 2 heterocycles. The Bertz CT molecular complexity index is 640. The van der Waals surface area contributed by atoms with Gasteiger partial charge in [0, 0.05) is 41.1 Å². The van der Waals surface area contributed by atoms with Crippen LogP contribution >= 0.6 is 27.3 Å². The average molecular weight is 351 g/mol. The van der Waals surface area contributed by atoms with Gasteiger partial charge in [0.1, 0.15) is 0 Å². The number of fused-ring (bicyclic) bond motifs is 1.